The van der Waals surface area contributed by atoms with Crippen LogP contribution in [0.15, 0.2) is 18.2 Å². The first-order chi connectivity index (χ1) is 8.08. The van der Waals surface area contributed by atoms with Gasteiger partial charge in [-0.1, -0.05) is 18.2 Å². The zero-order valence-electron chi connectivity index (χ0n) is 9.86. The summed E-state index contributed by atoms with van der Waals surface area (Å²) in [5.74, 6) is -0.770. The Hall–Kier alpha value is -1.84. The highest BCUT2D eigenvalue weighted by molar-refractivity contribution is 5.79. The highest BCUT2D eigenvalue weighted by Gasteiger charge is 2.25. The summed E-state index contributed by atoms with van der Waals surface area (Å²) in [4.78, 5) is 22.2. The van der Waals surface area contributed by atoms with Crippen LogP contribution in [0, 0.1) is 0 Å². The molecule has 1 unspecified atom stereocenters. The molecule has 1 aliphatic heterocycles. The molecule has 0 aromatic heterocycles. The van der Waals surface area contributed by atoms with Crippen molar-refractivity contribution in [3.05, 3.63) is 34.9 Å². The summed E-state index contributed by atoms with van der Waals surface area (Å²) in [5, 5.41) is 0. The van der Waals surface area contributed by atoms with Gasteiger partial charge in [0.15, 0.2) is 0 Å². The van der Waals surface area contributed by atoms with Crippen LogP contribution in [-0.4, -0.2) is 11.9 Å². The summed E-state index contributed by atoms with van der Waals surface area (Å²) in [6.45, 7) is 3.76. The Kier molecular flexibility index (Phi) is 3.13. The van der Waals surface area contributed by atoms with Crippen molar-refractivity contribution in [1.29, 1.82) is 0 Å². The summed E-state index contributed by atoms with van der Waals surface area (Å²) in [6.07, 6.45) is 0. The SMILES string of the molecule is CC(=O)OCc1ccc2c(c1)C(C)C(=O)OC2. The van der Waals surface area contributed by atoms with Crippen molar-refractivity contribution in [2.24, 2.45) is 0 Å². The Morgan fingerprint density at radius 3 is 3.00 bits per heavy atom. The normalized spacial score (nSPS) is 18.2. The van der Waals surface area contributed by atoms with E-state index in [-0.39, 0.29) is 24.5 Å². The number of benzene rings is 1. The summed E-state index contributed by atoms with van der Waals surface area (Å²) in [6, 6.07) is 5.70. The molecular formula is C13H14O4. The maximum Gasteiger partial charge on any atom is 0.313 e. The molecular weight excluding hydrogens is 220 g/mol. The molecule has 0 radical (unpaired) electrons. The zero-order valence-corrected chi connectivity index (χ0v) is 9.86. The molecule has 0 amide bonds. The van der Waals surface area contributed by atoms with Gasteiger partial charge in [-0.2, -0.15) is 0 Å². The first-order valence-corrected chi connectivity index (χ1v) is 5.49. The third kappa shape index (κ3) is 2.46. The molecule has 0 aliphatic carbocycles. The van der Waals surface area contributed by atoms with Crippen molar-refractivity contribution in [2.45, 2.75) is 33.0 Å². The van der Waals surface area contributed by atoms with E-state index in [2.05, 4.69) is 0 Å². The molecule has 1 aromatic carbocycles. The summed E-state index contributed by atoms with van der Waals surface area (Å²) in [7, 11) is 0. The Balaban J connectivity index is 2.23. The largest absolute Gasteiger partial charge is 0.461 e. The second-order valence-corrected chi connectivity index (χ2v) is 4.14. The van der Waals surface area contributed by atoms with Crippen molar-refractivity contribution in [3.8, 4) is 0 Å². The van der Waals surface area contributed by atoms with Gasteiger partial charge in [0, 0.05) is 6.92 Å². The minimum absolute atomic E-state index is 0.206. The summed E-state index contributed by atoms with van der Waals surface area (Å²) >= 11 is 0. The first-order valence-electron chi connectivity index (χ1n) is 5.49. The number of cyclic esters (lactones) is 1. The number of carbonyl (C=O) groups excluding carboxylic acids is 2. The lowest BCUT2D eigenvalue weighted by Crippen LogP contribution is -2.20. The minimum Gasteiger partial charge on any atom is -0.461 e. The molecule has 1 aliphatic rings. The van der Waals surface area contributed by atoms with E-state index in [1.807, 2.05) is 25.1 Å². The number of fused-ring (bicyclic) bond motifs is 1. The third-order valence-corrected chi connectivity index (χ3v) is 2.84. The van der Waals surface area contributed by atoms with Crippen LogP contribution in [0.3, 0.4) is 0 Å². The fourth-order valence-electron chi connectivity index (χ4n) is 1.85. The molecule has 1 atom stereocenters. The van der Waals surface area contributed by atoms with Gasteiger partial charge in [-0.3, -0.25) is 9.59 Å². The van der Waals surface area contributed by atoms with Gasteiger partial charge in [0.25, 0.3) is 0 Å². The molecule has 0 fully saturated rings. The maximum atomic E-state index is 11.4. The summed E-state index contributed by atoms with van der Waals surface area (Å²) in [5.41, 5.74) is 2.87. The number of rotatable bonds is 2. The van der Waals surface area contributed by atoms with E-state index >= 15 is 0 Å². The lowest BCUT2D eigenvalue weighted by molar-refractivity contribution is -0.148. The minimum atomic E-state index is -0.310. The fraction of sp³-hybridized carbons (Fsp3) is 0.385. The van der Waals surface area contributed by atoms with E-state index in [9.17, 15) is 9.59 Å². The second-order valence-electron chi connectivity index (χ2n) is 4.14. The smallest absolute Gasteiger partial charge is 0.313 e. The average molecular weight is 234 g/mol. The number of carbonyl (C=O) groups is 2. The number of esters is 2. The van der Waals surface area contributed by atoms with Crippen molar-refractivity contribution in [3.63, 3.8) is 0 Å². The standard InChI is InChI=1S/C13H14O4/c1-8-12-5-10(6-16-9(2)14)3-4-11(12)7-17-13(8)15/h3-5,8H,6-7H2,1-2H3. The Bertz CT molecular complexity index is 464. The van der Waals surface area contributed by atoms with Gasteiger partial charge in [-0.15, -0.1) is 0 Å². The second kappa shape index (κ2) is 4.57. The molecule has 17 heavy (non-hydrogen) atoms. The molecule has 0 saturated carbocycles. The highest BCUT2D eigenvalue weighted by atomic mass is 16.5. The van der Waals surface area contributed by atoms with Crippen LogP contribution in [0.25, 0.3) is 0 Å². The zero-order chi connectivity index (χ0) is 12.4. The Morgan fingerprint density at radius 1 is 1.53 bits per heavy atom. The molecule has 4 heteroatoms. The van der Waals surface area contributed by atoms with Crippen molar-refractivity contribution in [2.75, 3.05) is 0 Å². The van der Waals surface area contributed by atoms with Crippen LogP contribution >= 0.6 is 0 Å². The van der Waals surface area contributed by atoms with E-state index in [1.165, 1.54) is 6.92 Å². The molecule has 2 rings (SSSR count). The van der Waals surface area contributed by atoms with E-state index < -0.39 is 0 Å². The fourth-order valence-corrected chi connectivity index (χ4v) is 1.85. The van der Waals surface area contributed by atoms with Crippen molar-refractivity contribution >= 4 is 11.9 Å². The van der Waals surface area contributed by atoms with Crippen LogP contribution < -0.4 is 0 Å². The topological polar surface area (TPSA) is 52.6 Å². The lowest BCUT2D eigenvalue weighted by atomic mass is 9.92. The highest BCUT2D eigenvalue weighted by Crippen LogP contribution is 2.28. The van der Waals surface area contributed by atoms with Gasteiger partial charge in [-0.25, -0.2) is 0 Å². The lowest BCUT2D eigenvalue weighted by Gasteiger charge is -2.22. The number of hydrogen-bond acceptors (Lipinski definition) is 4. The molecule has 0 saturated heterocycles. The van der Waals surface area contributed by atoms with Gasteiger partial charge >= 0.3 is 11.9 Å². The van der Waals surface area contributed by atoms with Crippen LogP contribution in [-0.2, 0) is 32.3 Å². The third-order valence-electron chi connectivity index (χ3n) is 2.84. The van der Waals surface area contributed by atoms with Gasteiger partial charge < -0.3 is 9.47 Å². The molecule has 0 bridgehead atoms. The molecule has 1 aromatic rings. The van der Waals surface area contributed by atoms with E-state index in [0.717, 1.165) is 16.7 Å². The van der Waals surface area contributed by atoms with E-state index in [1.54, 1.807) is 0 Å². The maximum absolute atomic E-state index is 11.4. The van der Waals surface area contributed by atoms with Crippen LogP contribution in [0.2, 0.25) is 0 Å². The van der Waals surface area contributed by atoms with Gasteiger partial charge in [-0.05, 0) is 23.6 Å². The monoisotopic (exact) mass is 234 g/mol. The average Bonchev–Trinajstić information content (AvgIpc) is 2.31. The van der Waals surface area contributed by atoms with Crippen LogP contribution in [0.1, 0.15) is 36.5 Å². The van der Waals surface area contributed by atoms with E-state index in [4.69, 9.17) is 9.47 Å². The van der Waals surface area contributed by atoms with Gasteiger partial charge in [0.1, 0.15) is 13.2 Å². The Labute approximate surface area is 99.5 Å². The quantitative estimate of drug-likeness (QED) is 0.733. The summed E-state index contributed by atoms with van der Waals surface area (Å²) < 4.78 is 9.96. The van der Waals surface area contributed by atoms with Crippen LogP contribution in [0.4, 0.5) is 0 Å². The van der Waals surface area contributed by atoms with Gasteiger partial charge in [0.05, 0.1) is 5.92 Å². The predicted octanol–water partition coefficient (Wildman–Crippen LogP) is 1.91. The van der Waals surface area contributed by atoms with Crippen molar-refractivity contribution < 1.29 is 19.1 Å². The molecule has 4 nitrogen and oxygen atoms in total. The van der Waals surface area contributed by atoms with Crippen molar-refractivity contribution in [1.82, 2.24) is 0 Å². The van der Waals surface area contributed by atoms with Crippen LogP contribution in [0.5, 0.6) is 0 Å². The molecule has 0 N–H and O–H groups in total. The molecule has 1 heterocycles. The number of hydrogen-bond donors (Lipinski definition) is 0. The predicted molar refractivity (Wildman–Crippen MR) is 60.1 cm³/mol. The Morgan fingerprint density at radius 2 is 2.29 bits per heavy atom. The van der Waals surface area contributed by atoms with E-state index in [0.29, 0.717) is 6.61 Å². The first kappa shape index (κ1) is 11.6. The number of ether oxygens (including phenoxy) is 2. The van der Waals surface area contributed by atoms with Gasteiger partial charge in [0.2, 0.25) is 0 Å². The molecule has 90 valence electrons. The molecule has 0 spiro atoms.